The van der Waals surface area contributed by atoms with Crippen LogP contribution in [0.15, 0.2) is 0 Å². The van der Waals surface area contributed by atoms with E-state index >= 15 is 0 Å². The highest BCUT2D eigenvalue weighted by atomic mass is 16.3. The average Bonchev–Trinajstić information content (AvgIpc) is 2.39. The van der Waals surface area contributed by atoms with Crippen molar-refractivity contribution < 1.29 is 5.11 Å². The fourth-order valence-electron chi connectivity index (χ4n) is 3.14. The average molecular weight is 184 g/mol. The first-order chi connectivity index (χ1) is 6.20. The molecule has 0 bridgehead atoms. The van der Waals surface area contributed by atoms with Crippen LogP contribution in [0.25, 0.3) is 0 Å². The molecule has 0 aromatic carbocycles. The van der Waals surface area contributed by atoms with Crippen LogP contribution in [0.5, 0.6) is 0 Å². The predicted molar refractivity (Wildman–Crippen MR) is 52.6 cm³/mol. The van der Waals surface area contributed by atoms with Gasteiger partial charge >= 0.3 is 0 Å². The van der Waals surface area contributed by atoms with Crippen LogP contribution in [0.2, 0.25) is 0 Å². The van der Waals surface area contributed by atoms with Gasteiger partial charge in [-0.15, -0.1) is 0 Å². The van der Waals surface area contributed by atoms with E-state index in [1.165, 1.54) is 6.42 Å². The molecule has 4 atom stereocenters. The van der Waals surface area contributed by atoms with Crippen LogP contribution < -0.4 is 5.32 Å². The summed E-state index contributed by atoms with van der Waals surface area (Å²) in [6.45, 7) is 5.33. The number of aliphatic hydroxyl groups is 1. The molecule has 0 saturated carbocycles. The highest BCUT2D eigenvalue weighted by Crippen LogP contribution is 2.34. The molecule has 2 saturated heterocycles. The van der Waals surface area contributed by atoms with Crippen molar-refractivity contribution in [3.05, 3.63) is 0 Å². The molecule has 2 N–H and O–H groups in total. The number of nitrogens with zero attached hydrogens (tertiary/aromatic N) is 1. The van der Waals surface area contributed by atoms with E-state index < -0.39 is 0 Å². The number of piperidine rings is 1. The van der Waals surface area contributed by atoms with Crippen LogP contribution >= 0.6 is 0 Å². The molecule has 0 amide bonds. The van der Waals surface area contributed by atoms with Crippen molar-refractivity contribution in [2.75, 3.05) is 26.7 Å². The van der Waals surface area contributed by atoms with E-state index in [2.05, 4.69) is 17.3 Å². The Kier molecular flexibility index (Phi) is 2.58. The van der Waals surface area contributed by atoms with Crippen molar-refractivity contribution in [1.82, 2.24) is 10.2 Å². The van der Waals surface area contributed by atoms with Crippen LogP contribution in [0, 0.1) is 11.8 Å². The summed E-state index contributed by atoms with van der Waals surface area (Å²) in [5, 5.41) is 13.1. The van der Waals surface area contributed by atoms with Gasteiger partial charge in [0, 0.05) is 12.6 Å². The third-order valence-corrected chi connectivity index (χ3v) is 3.63. The number of fused-ring (bicyclic) bond motifs is 1. The first-order valence-corrected chi connectivity index (χ1v) is 5.29. The molecule has 76 valence electrons. The Morgan fingerprint density at radius 1 is 1.54 bits per heavy atom. The largest absolute Gasteiger partial charge is 0.392 e. The van der Waals surface area contributed by atoms with E-state index in [0.29, 0.717) is 12.0 Å². The molecular formula is C10H20N2O. The van der Waals surface area contributed by atoms with E-state index in [1.54, 1.807) is 0 Å². The molecule has 0 aromatic heterocycles. The van der Waals surface area contributed by atoms with E-state index in [9.17, 15) is 5.11 Å². The summed E-state index contributed by atoms with van der Waals surface area (Å²) < 4.78 is 0. The third-order valence-electron chi connectivity index (χ3n) is 3.63. The molecule has 0 radical (unpaired) electrons. The van der Waals surface area contributed by atoms with Gasteiger partial charge in [0.1, 0.15) is 0 Å². The number of hydrogen-bond acceptors (Lipinski definition) is 3. The predicted octanol–water partition coefficient (Wildman–Crippen LogP) is -0.0931. The van der Waals surface area contributed by atoms with E-state index in [4.69, 9.17) is 0 Å². The molecule has 2 heterocycles. The van der Waals surface area contributed by atoms with E-state index in [1.807, 2.05) is 6.92 Å². The van der Waals surface area contributed by atoms with Gasteiger partial charge in [0.15, 0.2) is 0 Å². The molecule has 2 rings (SSSR count). The molecule has 2 aliphatic rings. The maximum atomic E-state index is 9.70. The Bertz CT molecular complexity index is 184. The first kappa shape index (κ1) is 9.44. The van der Waals surface area contributed by atoms with Crippen molar-refractivity contribution >= 4 is 0 Å². The molecule has 0 aromatic rings. The summed E-state index contributed by atoms with van der Waals surface area (Å²) in [5.74, 6) is 1.48. The number of likely N-dealkylation sites (tertiary alicyclic amines) is 1. The molecule has 0 aliphatic carbocycles. The second kappa shape index (κ2) is 3.56. The van der Waals surface area contributed by atoms with E-state index in [0.717, 1.165) is 25.6 Å². The second-order valence-electron chi connectivity index (χ2n) is 4.59. The zero-order valence-electron chi connectivity index (χ0n) is 8.53. The number of aliphatic hydroxyl groups excluding tert-OH is 1. The van der Waals surface area contributed by atoms with Crippen molar-refractivity contribution in [2.45, 2.75) is 25.5 Å². The molecule has 3 heteroatoms. The Labute approximate surface area is 80.1 Å². The minimum Gasteiger partial charge on any atom is -0.392 e. The van der Waals surface area contributed by atoms with Crippen LogP contribution in [-0.4, -0.2) is 48.8 Å². The SMILES string of the molecule is CC(O)C1C2CCNCC2CN1C. The van der Waals surface area contributed by atoms with Crippen molar-refractivity contribution in [2.24, 2.45) is 11.8 Å². The minimum absolute atomic E-state index is 0.182. The Morgan fingerprint density at radius 3 is 3.00 bits per heavy atom. The summed E-state index contributed by atoms with van der Waals surface area (Å²) in [4.78, 5) is 2.33. The molecule has 4 unspecified atom stereocenters. The third kappa shape index (κ3) is 1.60. The molecule has 0 spiro atoms. The second-order valence-corrected chi connectivity index (χ2v) is 4.59. The van der Waals surface area contributed by atoms with E-state index in [-0.39, 0.29) is 6.10 Å². The number of rotatable bonds is 1. The first-order valence-electron chi connectivity index (χ1n) is 5.29. The Morgan fingerprint density at radius 2 is 2.31 bits per heavy atom. The van der Waals surface area contributed by atoms with Crippen molar-refractivity contribution in [3.63, 3.8) is 0 Å². The van der Waals surface area contributed by atoms with Crippen LogP contribution in [0.3, 0.4) is 0 Å². The summed E-state index contributed by atoms with van der Waals surface area (Å²) >= 11 is 0. The summed E-state index contributed by atoms with van der Waals surface area (Å²) in [7, 11) is 2.13. The highest BCUT2D eigenvalue weighted by molar-refractivity contribution is 4.96. The zero-order chi connectivity index (χ0) is 9.42. The van der Waals surface area contributed by atoms with Crippen LogP contribution in [-0.2, 0) is 0 Å². The molecule has 3 nitrogen and oxygen atoms in total. The zero-order valence-corrected chi connectivity index (χ0v) is 8.53. The van der Waals surface area contributed by atoms with Gasteiger partial charge in [-0.25, -0.2) is 0 Å². The van der Waals surface area contributed by atoms with Gasteiger partial charge in [0.2, 0.25) is 0 Å². The van der Waals surface area contributed by atoms with Crippen LogP contribution in [0.4, 0.5) is 0 Å². The fourth-order valence-corrected chi connectivity index (χ4v) is 3.14. The monoisotopic (exact) mass is 184 g/mol. The number of nitrogens with one attached hydrogen (secondary N) is 1. The molecule has 2 aliphatic heterocycles. The lowest BCUT2D eigenvalue weighted by molar-refractivity contribution is 0.0723. The standard InChI is InChI=1S/C10H20N2O/c1-7(13)10-9-3-4-11-5-8(9)6-12(10)2/h7-11,13H,3-6H2,1-2H3. The summed E-state index contributed by atoms with van der Waals surface area (Å²) in [5.41, 5.74) is 0. The van der Waals surface area contributed by atoms with Crippen molar-refractivity contribution in [1.29, 1.82) is 0 Å². The van der Waals surface area contributed by atoms with Gasteiger partial charge in [0.05, 0.1) is 6.10 Å². The molecule has 13 heavy (non-hydrogen) atoms. The van der Waals surface area contributed by atoms with Gasteiger partial charge in [-0.05, 0) is 45.3 Å². The van der Waals surface area contributed by atoms with Crippen molar-refractivity contribution in [3.8, 4) is 0 Å². The lowest BCUT2D eigenvalue weighted by Gasteiger charge is -2.31. The number of likely N-dealkylation sites (N-methyl/N-ethyl adjacent to an activating group) is 1. The minimum atomic E-state index is -0.182. The fraction of sp³-hybridized carbons (Fsp3) is 1.00. The van der Waals surface area contributed by atoms with Gasteiger partial charge in [0.25, 0.3) is 0 Å². The summed E-state index contributed by atoms with van der Waals surface area (Å²) in [6.07, 6.45) is 1.04. The Hall–Kier alpha value is -0.120. The highest BCUT2D eigenvalue weighted by Gasteiger charge is 2.42. The lowest BCUT2D eigenvalue weighted by Crippen LogP contribution is -2.42. The molecular weight excluding hydrogens is 164 g/mol. The Balaban J connectivity index is 2.09. The van der Waals surface area contributed by atoms with Crippen LogP contribution in [0.1, 0.15) is 13.3 Å². The topological polar surface area (TPSA) is 35.5 Å². The van der Waals surface area contributed by atoms with Gasteiger partial charge in [-0.2, -0.15) is 0 Å². The quantitative estimate of drug-likeness (QED) is 0.598. The summed E-state index contributed by atoms with van der Waals surface area (Å²) in [6, 6.07) is 0.395. The maximum Gasteiger partial charge on any atom is 0.0670 e. The molecule has 2 fully saturated rings. The van der Waals surface area contributed by atoms with Gasteiger partial charge in [-0.1, -0.05) is 0 Å². The normalized spacial score (nSPS) is 43.2. The lowest BCUT2D eigenvalue weighted by atomic mass is 9.83. The smallest absolute Gasteiger partial charge is 0.0670 e. The van der Waals surface area contributed by atoms with Gasteiger partial charge < -0.3 is 15.3 Å². The van der Waals surface area contributed by atoms with Gasteiger partial charge in [-0.3, -0.25) is 0 Å². The maximum absolute atomic E-state index is 9.70. The number of hydrogen-bond donors (Lipinski definition) is 2.